The Bertz CT molecular complexity index is 1100. The number of nitrogens with zero attached hydrogens (tertiary/aromatic N) is 1. The fourth-order valence-electron chi connectivity index (χ4n) is 4.70. The van der Waals surface area contributed by atoms with Gasteiger partial charge in [-0.2, -0.15) is 0 Å². The molecule has 1 saturated heterocycles. The van der Waals surface area contributed by atoms with Crippen molar-refractivity contribution in [3.63, 3.8) is 0 Å². The molecule has 0 bridgehead atoms. The van der Waals surface area contributed by atoms with E-state index in [1.54, 1.807) is 24.3 Å². The van der Waals surface area contributed by atoms with Crippen molar-refractivity contribution < 1.29 is 28.4 Å². The molecule has 2 heterocycles. The highest BCUT2D eigenvalue weighted by molar-refractivity contribution is 6.48. The number of imide groups is 1. The molecule has 0 aliphatic carbocycles. The van der Waals surface area contributed by atoms with E-state index in [1.807, 2.05) is 45.9 Å². The first-order chi connectivity index (χ1) is 17.6. The van der Waals surface area contributed by atoms with Gasteiger partial charge in [-0.05, 0) is 64.7 Å². The summed E-state index contributed by atoms with van der Waals surface area (Å²) < 4.78 is 17.8. The Morgan fingerprint density at radius 1 is 0.946 bits per heavy atom. The first-order valence-corrected chi connectivity index (χ1v) is 12.7. The van der Waals surface area contributed by atoms with Crippen LogP contribution in [-0.2, 0) is 25.3 Å². The molecule has 2 aliphatic heterocycles. The lowest BCUT2D eigenvalue weighted by atomic mass is 9.75. The van der Waals surface area contributed by atoms with E-state index in [0.29, 0.717) is 6.42 Å². The van der Waals surface area contributed by atoms with Crippen molar-refractivity contribution in [2.75, 3.05) is 13.7 Å². The van der Waals surface area contributed by atoms with Crippen LogP contribution in [0.15, 0.2) is 54.6 Å². The summed E-state index contributed by atoms with van der Waals surface area (Å²) in [4.78, 5) is 40.8. The lowest BCUT2D eigenvalue weighted by molar-refractivity contribution is -0.127. The molecule has 2 unspecified atom stereocenters. The number of rotatable bonds is 10. The van der Waals surface area contributed by atoms with Gasteiger partial charge in [0.15, 0.2) is 0 Å². The van der Waals surface area contributed by atoms with Gasteiger partial charge in [-0.15, -0.1) is 0 Å². The van der Waals surface area contributed by atoms with Crippen LogP contribution in [0.3, 0.4) is 0 Å². The second-order valence-electron chi connectivity index (χ2n) is 10.6. The van der Waals surface area contributed by atoms with Crippen LogP contribution in [0, 0.1) is 0 Å². The molecule has 196 valence electrons. The topological polar surface area (TPSA) is 94.2 Å². The van der Waals surface area contributed by atoms with Gasteiger partial charge >= 0.3 is 7.12 Å². The summed E-state index contributed by atoms with van der Waals surface area (Å²) >= 11 is 0. The van der Waals surface area contributed by atoms with E-state index in [1.165, 1.54) is 12.7 Å². The Labute approximate surface area is 218 Å². The first kappa shape index (κ1) is 27.0. The molecule has 0 spiro atoms. The fourth-order valence-corrected chi connectivity index (χ4v) is 4.70. The summed E-state index contributed by atoms with van der Waals surface area (Å²) in [6.07, 6.45) is 2.19. The molecule has 2 aliphatic rings. The molecule has 8 nitrogen and oxygen atoms in total. The van der Waals surface area contributed by atoms with Crippen molar-refractivity contribution in [3.05, 3.63) is 71.3 Å². The van der Waals surface area contributed by atoms with Gasteiger partial charge in [0, 0.05) is 7.11 Å². The molecule has 4 rings (SSSR count). The summed E-state index contributed by atoms with van der Waals surface area (Å²) in [6, 6.07) is 15.6. The Balaban J connectivity index is 1.53. The van der Waals surface area contributed by atoms with Crippen molar-refractivity contribution in [1.82, 2.24) is 10.2 Å². The highest BCUT2D eigenvalue weighted by Gasteiger charge is 2.54. The summed E-state index contributed by atoms with van der Waals surface area (Å²) in [5.74, 6) is -1.99. The van der Waals surface area contributed by atoms with Gasteiger partial charge in [-0.1, -0.05) is 42.5 Å². The molecular formula is C28H35BN2O6. The van der Waals surface area contributed by atoms with Crippen LogP contribution in [0.4, 0.5) is 0 Å². The van der Waals surface area contributed by atoms with Gasteiger partial charge in [0.2, 0.25) is 5.91 Å². The summed E-state index contributed by atoms with van der Waals surface area (Å²) in [5.41, 5.74) is 0.617. The molecule has 3 amide bonds. The number of carbonyl (C=O) groups excluding carboxylic acids is 3. The van der Waals surface area contributed by atoms with E-state index < -0.39 is 48.0 Å². The van der Waals surface area contributed by atoms with E-state index in [-0.39, 0.29) is 17.7 Å². The third-order valence-electron chi connectivity index (χ3n) is 7.52. The Hall–Kier alpha value is -3.01. The minimum atomic E-state index is -1.13. The van der Waals surface area contributed by atoms with Crippen molar-refractivity contribution in [2.45, 2.75) is 70.1 Å². The van der Waals surface area contributed by atoms with Crippen LogP contribution in [0.1, 0.15) is 66.8 Å². The molecule has 1 N–H and O–H groups in total. The van der Waals surface area contributed by atoms with Crippen molar-refractivity contribution in [1.29, 1.82) is 0 Å². The first-order valence-electron chi connectivity index (χ1n) is 12.7. The predicted molar refractivity (Wildman–Crippen MR) is 140 cm³/mol. The third-order valence-corrected chi connectivity index (χ3v) is 7.52. The van der Waals surface area contributed by atoms with E-state index in [0.717, 1.165) is 17.7 Å². The third kappa shape index (κ3) is 5.49. The average molecular weight is 506 g/mol. The van der Waals surface area contributed by atoms with Gasteiger partial charge in [0.05, 0.1) is 34.9 Å². The molecule has 37 heavy (non-hydrogen) atoms. The number of benzene rings is 2. The maximum Gasteiger partial charge on any atom is 0.481 e. The van der Waals surface area contributed by atoms with Crippen LogP contribution < -0.4 is 5.32 Å². The number of nitrogens with one attached hydrogen (secondary N) is 1. The molecule has 2 atom stereocenters. The van der Waals surface area contributed by atoms with Gasteiger partial charge < -0.3 is 19.4 Å². The quantitative estimate of drug-likeness (QED) is 0.392. The Kier molecular flexibility index (Phi) is 7.87. The van der Waals surface area contributed by atoms with E-state index in [4.69, 9.17) is 14.0 Å². The summed E-state index contributed by atoms with van der Waals surface area (Å²) in [7, 11) is 0.749. The Morgan fingerprint density at radius 3 is 2.03 bits per heavy atom. The number of methoxy groups -OCH3 is 1. The standard InChI is InChI=1S/C28H35BN2O6/c1-27(2)28(3,4)37-29(36-27)23(17-11-14-19-12-7-6-8-13-19)30-24(32)22(18-35-5)31-25(33)20-15-9-10-16-21(20)26(31)34/h6-10,12-13,15-16,22-23H,11,14,17-18H2,1-5H3,(H,30,32). The van der Waals surface area contributed by atoms with E-state index >= 15 is 0 Å². The number of carbonyl (C=O) groups is 3. The molecule has 0 saturated carbocycles. The number of aryl methyl sites for hydroxylation is 1. The number of fused-ring (bicyclic) bond motifs is 1. The monoisotopic (exact) mass is 506 g/mol. The molecule has 9 heteroatoms. The normalized spacial score (nSPS) is 19.6. The molecular weight excluding hydrogens is 471 g/mol. The van der Waals surface area contributed by atoms with Crippen LogP contribution in [0.25, 0.3) is 0 Å². The highest BCUT2D eigenvalue weighted by atomic mass is 16.7. The number of hydrogen-bond acceptors (Lipinski definition) is 6. The lowest BCUT2D eigenvalue weighted by Gasteiger charge is -2.32. The molecule has 1 fully saturated rings. The number of hydrogen-bond donors (Lipinski definition) is 1. The van der Waals surface area contributed by atoms with Crippen LogP contribution >= 0.6 is 0 Å². The SMILES string of the molecule is COCC(C(=O)NC(CCCc1ccccc1)B1OC(C)(C)C(C)(C)O1)N1C(=O)c2ccccc2C1=O. The molecule has 0 radical (unpaired) electrons. The van der Waals surface area contributed by atoms with Crippen molar-refractivity contribution in [3.8, 4) is 0 Å². The minimum absolute atomic E-state index is 0.128. The van der Waals surface area contributed by atoms with Crippen LogP contribution in [0.2, 0.25) is 0 Å². The number of amides is 3. The fraction of sp³-hybridized carbons (Fsp3) is 0.464. The van der Waals surface area contributed by atoms with Gasteiger partial charge in [0.25, 0.3) is 11.8 Å². The minimum Gasteiger partial charge on any atom is -0.402 e. The summed E-state index contributed by atoms with van der Waals surface area (Å²) in [6.45, 7) is 7.72. The smallest absolute Gasteiger partial charge is 0.402 e. The van der Waals surface area contributed by atoms with Crippen LogP contribution in [-0.4, -0.2) is 66.6 Å². The molecule has 0 aromatic heterocycles. The highest BCUT2D eigenvalue weighted by Crippen LogP contribution is 2.38. The average Bonchev–Trinajstić information content (AvgIpc) is 3.24. The number of ether oxygens (including phenoxy) is 1. The largest absolute Gasteiger partial charge is 0.481 e. The van der Waals surface area contributed by atoms with Crippen molar-refractivity contribution in [2.24, 2.45) is 0 Å². The van der Waals surface area contributed by atoms with Gasteiger partial charge in [-0.3, -0.25) is 19.3 Å². The van der Waals surface area contributed by atoms with Gasteiger partial charge in [0.1, 0.15) is 6.04 Å². The van der Waals surface area contributed by atoms with Gasteiger partial charge in [-0.25, -0.2) is 0 Å². The van der Waals surface area contributed by atoms with E-state index in [2.05, 4.69) is 17.4 Å². The zero-order valence-electron chi connectivity index (χ0n) is 22.2. The van der Waals surface area contributed by atoms with E-state index in [9.17, 15) is 14.4 Å². The molecule has 2 aromatic carbocycles. The Morgan fingerprint density at radius 2 is 1.49 bits per heavy atom. The zero-order chi connectivity index (χ0) is 26.8. The van der Waals surface area contributed by atoms with Crippen LogP contribution in [0.5, 0.6) is 0 Å². The maximum absolute atomic E-state index is 13.6. The lowest BCUT2D eigenvalue weighted by Crippen LogP contribution is -2.57. The maximum atomic E-state index is 13.6. The second-order valence-corrected chi connectivity index (χ2v) is 10.6. The second kappa shape index (κ2) is 10.8. The summed E-state index contributed by atoms with van der Waals surface area (Å²) in [5, 5.41) is 3.04. The zero-order valence-corrected chi connectivity index (χ0v) is 22.2. The van der Waals surface area contributed by atoms with Crippen molar-refractivity contribution >= 4 is 24.8 Å². The molecule has 2 aromatic rings. The predicted octanol–water partition coefficient (Wildman–Crippen LogP) is 3.44.